The maximum absolute atomic E-state index is 14.0. The minimum absolute atomic E-state index is 0.0261. The molecular weight excluding hydrogens is 779 g/mol. The van der Waals surface area contributed by atoms with E-state index in [0.717, 1.165) is 6.07 Å². The molecule has 0 spiro atoms. The lowest BCUT2D eigenvalue weighted by Gasteiger charge is -2.47. The zero-order chi connectivity index (χ0) is 43.8. The quantitative estimate of drug-likeness (QED) is 0.0399. The van der Waals surface area contributed by atoms with Crippen LogP contribution in [0.5, 0.6) is 34.5 Å². The lowest BCUT2D eigenvalue weighted by atomic mass is 9.65. The molecule has 0 aromatic heterocycles. The number of phenolic OH excluding ortho intramolecular Hbond substituents is 2. The third kappa shape index (κ3) is 8.34. The first-order valence-electron chi connectivity index (χ1n) is 19.2. The molecule has 0 radical (unpaired) electrons. The van der Waals surface area contributed by atoms with E-state index in [-0.39, 0.29) is 62.9 Å². The van der Waals surface area contributed by atoms with Crippen molar-refractivity contribution in [1.29, 1.82) is 0 Å². The number of nitrogens with zero attached hydrogens (tertiary/aromatic N) is 3. The molecule has 0 amide bonds. The molecule has 61 heavy (non-hydrogen) atoms. The molecule has 0 aliphatic carbocycles. The second-order valence-corrected chi connectivity index (χ2v) is 14.4. The van der Waals surface area contributed by atoms with Gasteiger partial charge in [-0.25, -0.2) is 0 Å². The highest BCUT2D eigenvalue weighted by atomic mass is 16.6. The predicted molar refractivity (Wildman–Crippen MR) is 233 cm³/mol. The van der Waals surface area contributed by atoms with Crippen LogP contribution in [-0.4, -0.2) is 77.8 Å². The molecule has 6 aromatic carbocycles. The van der Waals surface area contributed by atoms with Gasteiger partial charge in [-0.2, -0.15) is 0 Å². The van der Waals surface area contributed by atoms with Crippen molar-refractivity contribution in [3.63, 3.8) is 0 Å². The Balaban J connectivity index is 1.77. The minimum atomic E-state index is -2.25. The number of nitro groups is 1. The number of non-ortho nitro benzene ring substituents is 1. The summed E-state index contributed by atoms with van der Waals surface area (Å²) >= 11 is 0. The number of aromatic hydroxyl groups is 2. The van der Waals surface area contributed by atoms with E-state index in [1.807, 2.05) is 0 Å². The second kappa shape index (κ2) is 18.4. The van der Waals surface area contributed by atoms with E-state index in [1.54, 1.807) is 122 Å². The normalized spacial score (nSPS) is 13.4. The van der Waals surface area contributed by atoms with Crippen LogP contribution in [0.3, 0.4) is 0 Å². The molecule has 6 aromatic rings. The Morgan fingerprint density at radius 1 is 0.607 bits per heavy atom. The first kappa shape index (κ1) is 43.4. The van der Waals surface area contributed by atoms with Crippen molar-refractivity contribution in [3.8, 4) is 34.5 Å². The number of ether oxygens (including phenoxy) is 4. The maximum Gasteiger partial charge on any atom is 0.270 e. The molecule has 0 saturated heterocycles. The molecule has 13 heteroatoms. The number of para-hydroxylation sites is 5. The number of hydrogen-bond acceptors (Lipinski definition) is 12. The highest BCUT2D eigenvalue weighted by Gasteiger charge is 2.56. The Morgan fingerprint density at radius 2 is 1.03 bits per heavy atom. The van der Waals surface area contributed by atoms with Crippen LogP contribution in [0.25, 0.3) is 0 Å². The highest BCUT2D eigenvalue weighted by molar-refractivity contribution is 5.85. The van der Waals surface area contributed by atoms with E-state index in [4.69, 9.17) is 28.9 Å². The lowest BCUT2D eigenvalue weighted by Crippen LogP contribution is -2.54. The van der Waals surface area contributed by atoms with E-state index in [1.165, 1.54) is 59.1 Å². The van der Waals surface area contributed by atoms with Crippen LogP contribution in [0.15, 0.2) is 150 Å². The summed E-state index contributed by atoms with van der Waals surface area (Å²) in [4.78, 5) is 21.5. The molecule has 13 nitrogen and oxygen atoms in total. The number of hydrogen-bond donors (Lipinski definition) is 4. The number of methoxy groups -OCH3 is 4. The number of aliphatic imine (C=N–C) groups is 2. The predicted octanol–water partition coefficient (Wildman–Crippen LogP) is 7.97. The summed E-state index contributed by atoms with van der Waals surface area (Å²) in [6, 6.07) is 36.2. The molecular formula is C48H47N3O10. The van der Waals surface area contributed by atoms with E-state index < -0.39 is 27.7 Å². The number of nitro benzene ring substituents is 1. The summed E-state index contributed by atoms with van der Waals surface area (Å²) in [5.41, 5.74) is -5.27. The first-order valence-corrected chi connectivity index (χ1v) is 19.2. The van der Waals surface area contributed by atoms with Crippen LogP contribution < -0.4 is 18.9 Å². The van der Waals surface area contributed by atoms with Crippen molar-refractivity contribution in [2.75, 3.05) is 28.4 Å². The van der Waals surface area contributed by atoms with Crippen molar-refractivity contribution in [2.45, 2.75) is 36.1 Å². The number of aliphatic hydroxyl groups is 2. The number of rotatable bonds is 17. The minimum Gasteiger partial charge on any atom is -0.507 e. The topological polar surface area (TPSA) is 186 Å². The maximum atomic E-state index is 14.0. The Bertz CT molecular complexity index is 2460. The van der Waals surface area contributed by atoms with Crippen LogP contribution in [0.4, 0.5) is 5.69 Å². The first-order chi connectivity index (χ1) is 29.4. The Morgan fingerprint density at radius 3 is 1.51 bits per heavy atom. The van der Waals surface area contributed by atoms with Gasteiger partial charge in [-0.05, 0) is 49.4 Å². The second-order valence-electron chi connectivity index (χ2n) is 14.4. The van der Waals surface area contributed by atoms with Crippen molar-refractivity contribution in [1.82, 2.24) is 0 Å². The summed E-state index contributed by atoms with van der Waals surface area (Å²) in [5, 5.41) is 61.7. The average Bonchev–Trinajstić information content (AvgIpc) is 3.29. The average molecular weight is 826 g/mol. The van der Waals surface area contributed by atoms with Crippen LogP contribution >= 0.6 is 0 Å². The molecule has 4 N–H and O–H groups in total. The monoisotopic (exact) mass is 825 g/mol. The molecule has 0 heterocycles. The van der Waals surface area contributed by atoms with E-state index >= 15 is 0 Å². The van der Waals surface area contributed by atoms with Gasteiger partial charge in [0.2, 0.25) is 0 Å². The van der Waals surface area contributed by atoms with Crippen LogP contribution in [0.2, 0.25) is 0 Å². The van der Waals surface area contributed by atoms with Crippen LogP contribution in [0, 0.1) is 10.1 Å². The Kier molecular flexibility index (Phi) is 13.1. The van der Waals surface area contributed by atoms with Gasteiger partial charge in [-0.15, -0.1) is 0 Å². The lowest BCUT2D eigenvalue weighted by molar-refractivity contribution is -0.384. The molecule has 2 atom stereocenters. The van der Waals surface area contributed by atoms with Gasteiger partial charge in [0.05, 0.1) is 44.9 Å². The fourth-order valence-corrected chi connectivity index (χ4v) is 7.75. The highest BCUT2D eigenvalue weighted by Crippen LogP contribution is 2.53. The van der Waals surface area contributed by atoms with Gasteiger partial charge < -0.3 is 39.4 Å². The smallest absolute Gasteiger partial charge is 0.270 e. The molecule has 6 rings (SSSR count). The zero-order valence-corrected chi connectivity index (χ0v) is 34.3. The molecule has 0 saturated carbocycles. The fraction of sp³-hybridized carbons (Fsp3) is 0.208. The van der Waals surface area contributed by atoms with Gasteiger partial charge in [0.1, 0.15) is 45.7 Å². The van der Waals surface area contributed by atoms with Gasteiger partial charge >= 0.3 is 0 Å². The molecule has 314 valence electrons. The molecule has 0 aliphatic heterocycles. The van der Waals surface area contributed by atoms with Gasteiger partial charge in [-0.1, -0.05) is 84.9 Å². The Labute approximate surface area is 353 Å². The number of phenols is 2. The molecule has 0 fully saturated rings. The van der Waals surface area contributed by atoms with Crippen molar-refractivity contribution < 1.29 is 44.3 Å². The molecule has 0 aliphatic rings. The number of benzene rings is 6. The summed E-state index contributed by atoms with van der Waals surface area (Å²) in [5.74, 6) is 0.752. The molecule has 0 unspecified atom stereocenters. The molecule has 0 bridgehead atoms. The summed E-state index contributed by atoms with van der Waals surface area (Å²) in [6.45, 7) is 1.64. The zero-order valence-electron chi connectivity index (χ0n) is 34.3. The van der Waals surface area contributed by atoms with Gasteiger partial charge in [-0.3, -0.25) is 20.1 Å². The van der Waals surface area contributed by atoms with E-state index in [9.17, 15) is 30.5 Å². The fourth-order valence-electron chi connectivity index (χ4n) is 7.75. The van der Waals surface area contributed by atoms with Crippen LogP contribution in [0.1, 0.15) is 46.7 Å². The summed E-state index contributed by atoms with van der Waals surface area (Å²) < 4.78 is 23.5. The van der Waals surface area contributed by atoms with Gasteiger partial charge in [0.25, 0.3) is 5.69 Å². The standard InChI is InChI=1S/C48H47N3O10/c1-46(50-31-33-28-34(51(56)57)26-27-40(33)53,48(55,37-19-9-14-24-43(37)60-4)38-20-10-15-25-44(38)61-5)29-45(49-30-32-16-6-11-21-39(32)52)47(54,35-17-7-12-22-41(35)58-2)36-18-8-13-23-42(36)59-3/h6-28,30-31,45,52-55H,29H2,1-5H3/t45-,46-/m1/s1. The van der Waals surface area contributed by atoms with Gasteiger partial charge in [0.15, 0.2) is 0 Å². The third-order valence-electron chi connectivity index (χ3n) is 10.9. The van der Waals surface area contributed by atoms with Gasteiger partial charge in [0, 0.05) is 64.4 Å². The van der Waals surface area contributed by atoms with Crippen molar-refractivity contribution in [3.05, 3.63) is 183 Å². The third-order valence-corrected chi connectivity index (χ3v) is 10.9. The van der Waals surface area contributed by atoms with Crippen molar-refractivity contribution >= 4 is 18.1 Å². The van der Waals surface area contributed by atoms with Crippen LogP contribution in [-0.2, 0) is 11.2 Å². The summed E-state index contributed by atoms with van der Waals surface area (Å²) in [7, 11) is 5.88. The largest absolute Gasteiger partial charge is 0.507 e. The van der Waals surface area contributed by atoms with E-state index in [0.29, 0.717) is 17.1 Å². The summed E-state index contributed by atoms with van der Waals surface area (Å²) in [6.07, 6.45) is 2.33. The van der Waals surface area contributed by atoms with Crippen molar-refractivity contribution in [2.24, 2.45) is 9.98 Å². The van der Waals surface area contributed by atoms with E-state index in [2.05, 4.69) is 0 Å². The SMILES string of the molecule is COc1ccccc1C(O)(c1ccccc1OC)[C@@H](C[C@@](C)(N=Cc1cc([N+](=O)[O-])ccc1O)C(O)(c1ccccc1OC)c1ccccc1OC)N=Cc1ccccc1O. The Hall–Kier alpha value is -7.22.